The highest BCUT2D eigenvalue weighted by Crippen LogP contribution is 2.36. The Hall–Kier alpha value is -1.72. The summed E-state index contributed by atoms with van der Waals surface area (Å²) in [6.07, 6.45) is 4.88. The van der Waals surface area contributed by atoms with Crippen molar-refractivity contribution in [2.24, 2.45) is 7.05 Å². The fourth-order valence-corrected chi connectivity index (χ4v) is 1.67. The molecule has 6 nitrogen and oxygen atoms in total. The molecular formula is C13H21N3O3. The van der Waals surface area contributed by atoms with Gasteiger partial charge >= 0.3 is 6.09 Å². The molecule has 1 saturated carbocycles. The Labute approximate surface area is 113 Å². The second kappa shape index (κ2) is 4.75. The van der Waals surface area contributed by atoms with Crippen LogP contribution in [0.1, 0.15) is 33.6 Å². The third-order valence-electron chi connectivity index (χ3n) is 2.82. The van der Waals surface area contributed by atoms with Gasteiger partial charge in [-0.15, -0.1) is 0 Å². The van der Waals surface area contributed by atoms with Crippen LogP contribution in [0.3, 0.4) is 0 Å². The summed E-state index contributed by atoms with van der Waals surface area (Å²) in [4.78, 5) is 11.7. The molecule has 0 saturated heterocycles. The van der Waals surface area contributed by atoms with Crippen LogP contribution in [0.25, 0.3) is 0 Å². The molecule has 1 N–H and O–H groups in total. The van der Waals surface area contributed by atoms with E-state index in [0.29, 0.717) is 12.4 Å². The summed E-state index contributed by atoms with van der Waals surface area (Å²) in [6, 6.07) is 0. The van der Waals surface area contributed by atoms with E-state index in [1.54, 1.807) is 17.1 Å². The predicted molar refractivity (Wildman–Crippen MR) is 70.0 cm³/mol. The van der Waals surface area contributed by atoms with Crippen molar-refractivity contribution in [2.45, 2.75) is 44.8 Å². The zero-order chi connectivity index (χ0) is 14.1. The van der Waals surface area contributed by atoms with Crippen molar-refractivity contribution in [3.63, 3.8) is 0 Å². The van der Waals surface area contributed by atoms with E-state index in [2.05, 4.69) is 10.4 Å². The number of ether oxygens (including phenoxy) is 2. The van der Waals surface area contributed by atoms with Gasteiger partial charge in [-0.3, -0.25) is 4.68 Å². The number of aryl methyl sites for hydroxylation is 1. The third-order valence-corrected chi connectivity index (χ3v) is 2.82. The lowest BCUT2D eigenvalue weighted by Gasteiger charge is -2.23. The summed E-state index contributed by atoms with van der Waals surface area (Å²) in [7, 11) is 1.83. The average molecular weight is 267 g/mol. The van der Waals surface area contributed by atoms with E-state index in [-0.39, 0.29) is 11.6 Å². The van der Waals surface area contributed by atoms with E-state index in [4.69, 9.17) is 9.47 Å². The first-order valence-electron chi connectivity index (χ1n) is 6.41. The molecule has 0 unspecified atom stereocenters. The van der Waals surface area contributed by atoms with Crippen LogP contribution in [0.5, 0.6) is 5.75 Å². The second-order valence-corrected chi connectivity index (χ2v) is 6.05. The molecule has 1 heterocycles. The lowest BCUT2D eigenvalue weighted by Crippen LogP contribution is -2.44. The normalized spacial score (nSPS) is 16.8. The van der Waals surface area contributed by atoms with Crippen LogP contribution in [-0.2, 0) is 11.8 Å². The van der Waals surface area contributed by atoms with Gasteiger partial charge < -0.3 is 14.8 Å². The SMILES string of the molecule is Cn1cc(OCC2(NC(=O)OC(C)(C)C)CC2)cn1. The summed E-state index contributed by atoms with van der Waals surface area (Å²) < 4.78 is 12.6. The van der Waals surface area contributed by atoms with Crippen molar-refractivity contribution < 1.29 is 14.3 Å². The van der Waals surface area contributed by atoms with Crippen molar-refractivity contribution in [1.82, 2.24) is 15.1 Å². The molecule has 0 bridgehead atoms. The van der Waals surface area contributed by atoms with Gasteiger partial charge in [0.15, 0.2) is 5.75 Å². The number of amides is 1. The van der Waals surface area contributed by atoms with Gasteiger partial charge in [0.25, 0.3) is 0 Å². The van der Waals surface area contributed by atoms with E-state index in [0.717, 1.165) is 12.8 Å². The highest BCUT2D eigenvalue weighted by atomic mass is 16.6. The highest BCUT2D eigenvalue weighted by molar-refractivity contribution is 5.69. The van der Waals surface area contributed by atoms with E-state index in [1.165, 1.54) is 0 Å². The molecule has 0 spiro atoms. The van der Waals surface area contributed by atoms with Gasteiger partial charge in [0.2, 0.25) is 0 Å². The third kappa shape index (κ3) is 4.15. The fraction of sp³-hybridized carbons (Fsp3) is 0.692. The standard InChI is InChI=1S/C13H21N3O3/c1-12(2,3)19-11(17)15-13(5-6-13)9-18-10-7-14-16(4)8-10/h7-8H,5-6,9H2,1-4H3,(H,15,17). The first-order chi connectivity index (χ1) is 8.78. The maximum absolute atomic E-state index is 11.7. The number of rotatable bonds is 4. The maximum Gasteiger partial charge on any atom is 0.408 e. The summed E-state index contributed by atoms with van der Waals surface area (Å²) >= 11 is 0. The monoisotopic (exact) mass is 267 g/mol. The Morgan fingerprint density at radius 1 is 1.53 bits per heavy atom. The number of aromatic nitrogens is 2. The quantitative estimate of drug-likeness (QED) is 0.904. The molecule has 1 aromatic rings. The second-order valence-electron chi connectivity index (χ2n) is 6.05. The molecular weight excluding hydrogens is 246 g/mol. The van der Waals surface area contributed by atoms with Gasteiger partial charge in [-0.05, 0) is 33.6 Å². The lowest BCUT2D eigenvalue weighted by molar-refractivity contribution is 0.0477. The Bertz CT molecular complexity index is 458. The predicted octanol–water partition coefficient (Wildman–Crippen LogP) is 1.86. The number of hydrogen-bond donors (Lipinski definition) is 1. The van der Waals surface area contributed by atoms with Gasteiger partial charge in [0, 0.05) is 7.05 Å². The van der Waals surface area contributed by atoms with Gasteiger partial charge in [-0.2, -0.15) is 5.10 Å². The molecule has 106 valence electrons. The van der Waals surface area contributed by atoms with Crippen LogP contribution in [0.2, 0.25) is 0 Å². The van der Waals surface area contributed by atoms with Crippen LogP contribution in [0.15, 0.2) is 12.4 Å². The van der Waals surface area contributed by atoms with E-state index < -0.39 is 5.60 Å². The Morgan fingerprint density at radius 3 is 2.68 bits per heavy atom. The Morgan fingerprint density at radius 2 is 2.21 bits per heavy atom. The molecule has 1 amide bonds. The van der Waals surface area contributed by atoms with E-state index in [9.17, 15) is 4.79 Å². The molecule has 0 atom stereocenters. The van der Waals surface area contributed by atoms with Crippen molar-refractivity contribution in [1.29, 1.82) is 0 Å². The van der Waals surface area contributed by atoms with E-state index >= 15 is 0 Å². The number of nitrogens with zero attached hydrogens (tertiary/aromatic N) is 2. The van der Waals surface area contributed by atoms with Crippen molar-refractivity contribution in [3.8, 4) is 5.75 Å². The molecule has 19 heavy (non-hydrogen) atoms. The molecule has 1 aliphatic rings. The highest BCUT2D eigenvalue weighted by Gasteiger charge is 2.46. The molecule has 1 aliphatic carbocycles. The first kappa shape index (κ1) is 13.7. The number of alkyl carbamates (subject to hydrolysis) is 1. The lowest BCUT2D eigenvalue weighted by atomic mass is 10.2. The summed E-state index contributed by atoms with van der Waals surface area (Å²) in [5.74, 6) is 0.708. The van der Waals surface area contributed by atoms with Gasteiger partial charge in [0.05, 0.1) is 17.9 Å². The summed E-state index contributed by atoms with van der Waals surface area (Å²) in [5.41, 5.74) is -0.761. The first-order valence-corrected chi connectivity index (χ1v) is 6.41. The largest absolute Gasteiger partial charge is 0.488 e. The molecule has 1 aromatic heterocycles. The molecule has 1 fully saturated rings. The van der Waals surface area contributed by atoms with Crippen LogP contribution < -0.4 is 10.1 Å². The van der Waals surface area contributed by atoms with Crippen LogP contribution in [0.4, 0.5) is 4.79 Å². The number of hydrogen-bond acceptors (Lipinski definition) is 4. The topological polar surface area (TPSA) is 65.4 Å². The van der Waals surface area contributed by atoms with Gasteiger partial charge in [-0.1, -0.05) is 0 Å². The van der Waals surface area contributed by atoms with Crippen molar-refractivity contribution in [2.75, 3.05) is 6.61 Å². The van der Waals surface area contributed by atoms with Crippen LogP contribution in [-0.4, -0.2) is 33.6 Å². The molecule has 6 heteroatoms. The number of carbonyl (C=O) groups is 1. The Balaban J connectivity index is 1.81. The molecule has 2 rings (SSSR count). The minimum absolute atomic E-state index is 0.280. The number of carbonyl (C=O) groups excluding carboxylic acids is 1. The maximum atomic E-state index is 11.7. The molecule has 0 radical (unpaired) electrons. The summed E-state index contributed by atoms with van der Waals surface area (Å²) in [6.45, 7) is 5.98. The zero-order valence-electron chi connectivity index (χ0n) is 11.9. The summed E-state index contributed by atoms with van der Waals surface area (Å²) in [5, 5.41) is 6.91. The van der Waals surface area contributed by atoms with Gasteiger partial charge in [-0.25, -0.2) is 4.79 Å². The zero-order valence-corrected chi connectivity index (χ0v) is 11.9. The van der Waals surface area contributed by atoms with Crippen molar-refractivity contribution >= 4 is 6.09 Å². The van der Waals surface area contributed by atoms with E-state index in [1.807, 2.05) is 27.8 Å². The average Bonchev–Trinajstić information content (AvgIpc) is 2.87. The Kier molecular flexibility index (Phi) is 3.43. The van der Waals surface area contributed by atoms with Crippen LogP contribution >= 0.6 is 0 Å². The van der Waals surface area contributed by atoms with Gasteiger partial charge in [0.1, 0.15) is 12.2 Å². The van der Waals surface area contributed by atoms with Crippen LogP contribution in [0, 0.1) is 0 Å². The van der Waals surface area contributed by atoms with Crippen molar-refractivity contribution in [3.05, 3.63) is 12.4 Å². The molecule has 0 aromatic carbocycles. The smallest absolute Gasteiger partial charge is 0.408 e. The molecule has 0 aliphatic heterocycles. The fourth-order valence-electron chi connectivity index (χ4n) is 1.67. The minimum atomic E-state index is -0.482. The number of nitrogens with one attached hydrogen (secondary N) is 1. The minimum Gasteiger partial charge on any atom is -0.488 e.